The summed E-state index contributed by atoms with van der Waals surface area (Å²) in [5.74, 6) is -0.259. The lowest BCUT2D eigenvalue weighted by Crippen LogP contribution is -2.23. The van der Waals surface area contributed by atoms with Crippen molar-refractivity contribution in [3.05, 3.63) is 88.7 Å². The first kappa shape index (κ1) is 23.7. The van der Waals surface area contributed by atoms with Gasteiger partial charge in [0.05, 0.1) is 11.1 Å². The van der Waals surface area contributed by atoms with Crippen LogP contribution in [0, 0.1) is 6.92 Å². The predicted octanol–water partition coefficient (Wildman–Crippen LogP) is 5.55. The van der Waals surface area contributed by atoms with Crippen molar-refractivity contribution >= 4 is 50.7 Å². The minimum absolute atomic E-state index is 0.0648. The third kappa shape index (κ3) is 4.88. The molecule has 34 heavy (non-hydrogen) atoms. The third-order valence-electron chi connectivity index (χ3n) is 5.25. The van der Waals surface area contributed by atoms with Gasteiger partial charge in [0.1, 0.15) is 4.83 Å². The number of ketones is 1. The van der Waals surface area contributed by atoms with Crippen LogP contribution in [0.5, 0.6) is 0 Å². The molecule has 0 unspecified atom stereocenters. The zero-order valence-corrected chi connectivity index (χ0v) is 20.5. The Bertz CT molecular complexity index is 1460. The average molecular weight is 490 g/mol. The number of hydrogen-bond donors (Lipinski definition) is 1. The molecule has 0 spiro atoms. The van der Waals surface area contributed by atoms with Crippen molar-refractivity contribution in [3.8, 4) is 10.4 Å². The molecule has 0 fully saturated rings. The van der Waals surface area contributed by atoms with E-state index in [-0.39, 0.29) is 23.0 Å². The number of amides is 1. The summed E-state index contributed by atoms with van der Waals surface area (Å²) in [6.45, 7) is 7.48. The molecule has 2 heterocycles. The summed E-state index contributed by atoms with van der Waals surface area (Å²) in [4.78, 5) is 44.0. The minimum Gasteiger partial charge on any atom is -0.325 e. The molecule has 0 bridgehead atoms. The number of thiophene rings is 1. The van der Waals surface area contributed by atoms with Crippen molar-refractivity contribution in [2.75, 3.05) is 11.1 Å². The molecule has 0 saturated carbocycles. The van der Waals surface area contributed by atoms with Crippen LogP contribution in [0.1, 0.15) is 22.8 Å². The molecule has 0 radical (unpaired) electrons. The highest BCUT2D eigenvalue weighted by Gasteiger charge is 2.19. The fourth-order valence-electron chi connectivity index (χ4n) is 3.61. The fourth-order valence-corrected chi connectivity index (χ4v) is 5.64. The van der Waals surface area contributed by atoms with Crippen molar-refractivity contribution in [1.82, 2.24) is 9.55 Å². The van der Waals surface area contributed by atoms with Gasteiger partial charge in [-0.05, 0) is 37.1 Å². The number of aromatic nitrogens is 2. The Morgan fingerprint density at radius 3 is 2.65 bits per heavy atom. The fraction of sp³-hybridized carbons (Fsp3) is 0.154. The number of nitrogens with zero attached hydrogens (tertiary/aromatic N) is 2. The maximum absolute atomic E-state index is 13.4. The molecule has 0 aliphatic carbocycles. The smallest absolute Gasteiger partial charge is 0.263 e. The van der Waals surface area contributed by atoms with Crippen molar-refractivity contribution in [3.63, 3.8) is 0 Å². The molecule has 172 valence electrons. The van der Waals surface area contributed by atoms with Gasteiger partial charge >= 0.3 is 0 Å². The number of allylic oxidation sites excluding steroid dienone is 1. The first-order valence-electron chi connectivity index (χ1n) is 10.6. The van der Waals surface area contributed by atoms with Gasteiger partial charge in [-0.3, -0.25) is 19.0 Å². The monoisotopic (exact) mass is 489 g/mol. The van der Waals surface area contributed by atoms with E-state index in [1.54, 1.807) is 34.9 Å². The van der Waals surface area contributed by atoms with Gasteiger partial charge in [-0.15, -0.1) is 17.9 Å². The van der Waals surface area contributed by atoms with Crippen molar-refractivity contribution in [2.24, 2.45) is 0 Å². The largest absolute Gasteiger partial charge is 0.325 e. The van der Waals surface area contributed by atoms with Crippen LogP contribution in [-0.4, -0.2) is 27.0 Å². The predicted molar refractivity (Wildman–Crippen MR) is 140 cm³/mol. The van der Waals surface area contributed by atoms with Crippen molar-refractivity contribution < 1.29 is 9.59 Å². The van der Waals surface area contributed by atoms with E-state index >= 15 is 0 Å². The number of carbonyl (C=O) groups is 2. The van der Waals surface area contributed by atoms with Gasteiger partial charge in [0.2, 0.25) is 5.91 Å². The molecule has 2 aromatic heterocycles. The first-order valence-corrected chi connectivity index (χ1v) is 12.4. The summed E-state index contributed by atoms with van der Waals surface area (Å²) in [6.07, 6.45) is 1.64. The van der Waals surface area contributed by atoms with Crippen molar-refractivity contribution in [2.45, 2.75) is 25.5 Å². The van der Waals surface area contributed by atoms with Crippen LogP contribution in [-0.2, 0) is 11.3 Å². The minimum atomic E-state index is -0.252. The highest BCUT2D eigenvalue weighted by Crippen LogP contribution is 2.36. The Labute approximate surface area is 205 Å². The number of benzene rings is 2. The standard InChI is InChI=1S/C26H23N3O3S2/c1-4-13-29-25(32)22-16(2)23(18-9-6-5-7-10-18)34-24(22)28-26(29)33-15-21(31)27-20-12-8-11-19(14-20)17(3)30/h4-12,14H,1,13,15H2,2-3H3,(H,27,31). The average Bonchev–Trinajstić information content (AvgIpc) is 3.16. The number of aryl methyl sites for hydroxylation is 1. The number of anilines is 1. The molecule has 1 amide bonds. The van der Waals surface area contributed by atoms with Gasteiger partial charge in [0.15, 0.2) is 10.9 Å². The third-order valence-corrected chi connectivity index (χ3v) is 7.46. The number of carbonyl (C=O) groups excluding carboxylic acids is 2. The Morgan fingerprint density at radius 1 is 1.18 bits per heavy atom. The number of Topliss-reactive ketones (excluding diaryl/α,β-unsaturated/α-hetero) is 1. The zero-order valence-electron chi connectivity index (χ0n) is 18.8. The van der Waals surface area contributed by atoms with Crippen LogP contribution >= 0.6 is 23.1 Å². The number of nitrogens with one attached hydrogen (secondary N) is 1. The summed E-state index contributed by atoms with van der Waals surface area (Å²) < 4.78 is 1.55. The second-order valence-corrected chi connectivity index (χ2v) is 9.62. The maximum atomic E-state index is 13.4. The van der Waals surface area contributed by atoms with Crippen LogP contribution in [0.2, 0.25) is 0 Å². The Hall–Kier alpha value is -3.49. The number of thioether (sulfide) groups is 1. The van der Waals surface area contributed by atoms with E-state index in [1.807, 2.05) is 37.3 Å². The maximum Gasteiger partial charge on any atom is 0.263 e. The number of rotatable bonds is 8. The molecule has 0 aliphatic rings. The first-order chi connectivity index (χ1) is 16.4. The van der Waals surface area contributed by atoms with Gasteiger partial charge in [-0.1, -0.05) is 60.3 Å². The molecule has 0 aliphatic heterocycles. The lowest BCUT2D eigenvalue weighted by molar-refractivity contribution is -0.113. The van der Waals surface area contributed by atoms with E-state index in [1.165, 1.54) is 30.0 Å². The highest BCUT2D eigenvalue weighted by molar-refractivity contribution is 7.99. The number of fused-ring (bicyclic) bond motifs is 1. The van der Waals surface area contributed by atoms with Gasteiger partial charge in [-0.25, -0.2) is 4.98 Å². The quantitative estimate of drug-likeness (QED) is 0.152. The molecule has 0 saturated heterocycles. The van der Waals surface area contributed by atoms with Crippen LogP contribution in [0.4, 0.5) is 5.69 Å². The molecule has 8 heteroatoms. The summed E-state index contributed by atoms with van der Waals surface area (Å²) in [5.41, 5.74) is 2.88. The molecule has 1 N–H and O–H groups in total. The van der Waals surface area contributed by atoms with E-state index in [0.717, 1.165) is 16.0 Å². The lowest BCUT2D eigenvalue weighted by Gasteiger charge is -2.11. The zero-order chi connectivity index (χ0) is 24.2. The van der Waals surface area contributed by atoms with Crippen molar-refractivity contribution in [1.29, 1.82) is 0 Å². The summed E-state index contributed by atoms with van der Waals surface area (Å²) >= 11 is 2.67. The Morgan fingerprint density at radius 2 is 1.94 bits per heavy atom. The van der Waals surface area contributed by atoms with E-state index in [9.17, 15) is 14.4 Å². The SMILES string of the molecule is C=CCn1c(SCC(=O)Nc2cccc(C(C)=O)c2)nc2sc(-c3ccccc3)c(C)c2c1=O. The van der Waals surface area contributed by atoms with E-state index in [0.29, 0.717) is 33.2 Å². The molecular weight excluding hydrogens is 466 g/mol. The van der Waals surface area contributed by atoms with Gasteiger partial charge < -0.3 is 5.32 Å². The van der Waals surface area contributed by atoms with Gasteiger partial charge in [-0.2, -0.15) is 0 Å². The van der Waals surface area contributed by atoms with Crippen LogP contribution in [0.25, 0.3) is 20.7 Å². The van der Waals surface area contributed by atoms with E-state index < -0.39 is 0 Å². The summed E-state index contributed by atoms with van der Waals surface area (Å²) in [5, 5.41) is 3.86. The molecule has 2 aromatic carbocycles. The van der Waals surface area contributed by atoms with Gasteiger partial charge in [0, 0.05) is 22.7 Å². The molecular formula is C26H23N3O3S2. The molecule has 4 aromatic rings. The van der Waals surface area contributed by atoms with Gasteiger partial charge in [0.25, 0.3) is 5.56 Å². The van der Waals surface area contributed by atoms with Crippen LogP contribution in [0.15, 0.2) is 77.2 Å². The van der Waals surface area contributed by atoms with E-state index in [4.69, 9.17) is 4.98 Å². The highest BCUT2D eigenvalue weighted by atomic mass is 32.2. The normalized spacial score (nSPS) is 10.9. The number of hydrogen-bond acceptors (Lipinski definition) is 6. The second-order valence-electron chi connectivity index (χ2n) is 7.68. The lowest BCUT2D eigenvalue weighted by atomic mass is 10.1. The van der Waals surface area contributed by atoms with E-state index in [2.05, 4.69) is 11.9 Å². The summed E-state index contributed by atoms with van der Waals surface area (Å²) in [7, 11) is 0. The second kappa shape index (κ2) is 10.2. The summed E-state index contributed by atoms with van der Waals surface area (Å²) in [6, 6.07) is 16.7. The van der Waals surface area contributed by atoms with Crippen LogP contribution < -0.4 is 10.9 Å². The molecule has 0 atom stereocenters. The topological polar surface area (TPSA) is 81.1 Å². The Kier molecular flexibility index (Phi) is 7.09. The molecule has 4 rings (SSSR count). The molecule has 6 nitrogen and oxygen atoms in total. The Balaban J connectivity index is 1.63. The van der Waals surface area contributed by atoms with Crippen LogP contribution in [0.3, 0.4) is 0 Å².